The lowest BCUT2D eigenvalue weighted by molar-refractivity contribution is 0.102. The van der Waals surface area contributed by atoms with Crippen molar-refractivity contribution in [3.05, 3.63) is 89.2 Å². The van der Waals surface area contributed by atoms with Gasteiger partial charge in [-0.05, 0) is 43.3 Å². The van der Waals surface area contributed by atoms with E-state index >= 15 is 0 Å². The Bertz CT molecular complexity index is 984. The summed E-state index contributed by atoms with van der Waals surface area (Å²) in [7, 11) is 0. The van der Waals surface area contributed by atoms with Crippen LogP contribution in [0.4, 0.5) is 20.2 Å². The normalized spacial score (nSPS) is 10.3. The van der Waals surface area contributed by atoms with Gasteiger partial charge in [0.05, 0.1) is 0 Å². The number of anilines is 2. The molecule has 0 saturated carbocycles. The molecule has 1 aromatic heterocycles. The second-order valence-electron chi connectivity index (χ2n) is 5.80. The maximum atomic E-state index is 13.7. The summed E-state index contributed by atoms with van der Waals surface area (Å²) in [6.45, 7) is 1.93. The molecule has 0 unspecified atom stereocenters. The van der Waals surface area contributed by atoms with E-state index in [1.54, 1.807) is 12.1 Å². The smallest absolute Gasteiger partial charge is 0.274 e. The molecule has 2 amide bonds. The first kappa shape index (κ1) is 18.2. The highest BCUT2D eigenvalue weighted by molar-refractivity contribution is 6.07. The van der Waals surface area contributed by atoms with Crippen molar-refractivity contribution in [2.45, 2.75) is 6.92 Å². The zero-order valence-electron chi connectivity index (χ0n) is 14.3. The van der Waals surface area contributed by atoms with E-state index in [4.69, 9.17) is 0 Å². The first-order chi connectivity index (χ1) is 12.9. The fraction of sp³-hybridized carbons (Fsp3) is 0.0500. The van der Waals surface area contributed by atoms with E-state index in [0.29, 0.717) is 5.69 Å². The topological polar surface area (TPSA) is 71.1 Å². The van der Waals surface area contributed by atoms with Crippen molar-refractivity contribution in [3.8, 4) is 0 Å². The molecule has 0 aliphatic heterocycles. The van der Waals surface area contributed by atoms with Gasteiger partial charge in [-0.15, -0.1) is 0 Å². The van der Waals surface area contributed by atoms with Crippen LogP contribution in [0.15, 0.2) is 60.8 Å². The molecule has 0 atom stereocenters. The van der Waals surface area contributed by atoms with Crippen molar-refractivity contribution in [1.29, 1.82) is 0 Å². The minimum Gasteiger partial charge on any atom is -0.322 e. The fourth-order valence-electron chi connectivity index (χ4n) is 2.33. The van der Waals surface area contributed by atoms with Gasteiger partial charge in [-0.2, -0.15) is 0 Å². The van der Waals surface area contributed by atoms with Gasteiger partial charge >= 0.3 is 0 Å². The number of carbonyl (C=O) groups excluding carboxylic acids is 2. The lowest BCUT2D eigenvalue weighted by atomic mass is 10.2. The third-order valence-corrected chi connectivity index (χ3v) is 3.77. The maximum Gasteiger partial charge on any atom is 0.274 e. The zero-order valence-corrected chi connectivity index (χ0v) is 14.3. The number of halogens is 2. The van der Waals surface area contributed by atoms with Crippen molar-refractivity contribution >= 4 is 23.2 Å². The number of hydrogen-bond donors (Lipinski definition) is 2. The van der Waals surface area contributed by atoms with Gasteiger partial charge in [0.25, 0.3) is 11.8 Å². The predicted octanol–water partition coefficient (Wildman–Crippen LogP) is 4.17. The van der Waals surface area contributed by atoms with Crippen molar-refractivity contribution in [2.75, 3.05) is 10.6 Å². The Balaban J connectivity index is 1.77. The van der Waals surface area contributed by atoms with Gasteiger partial charge in [0, 0.05) is 17.4 Å². The number of rotatable bonds is 4. The minimum absolute atomic E-state index is 0.144. The van der Waals surface area contributed by atoms with Crippen LogP contribution in [0.5, 0.6) is 0 Å². The lowest BCUT2D eigenvalue weighted by Crippen LogP contribution is -2.18. The Morgan fingerprint density at radius 3 is 2.22 bits per heavy atom. The highest BCUT2D eigenvalue weighted by Gasteiger charge is 2.16. The number of nitrogens with one attached hydrogen (secondary N) is 2. The van der Waals surface area contributed by atoms with Crippen molar-refractivity contribution in [3.63, 3.8) is 0 Å². The molecule has 0 aliphatic rings. The maximum absolute atomic E-state index is 13.7. The van der Waals surface area contributed by atoms with Crippen molar-refractivity contribution < 1.29 is 18.4 Å². The molecule has 3 aromatic rings. The number of amides is 2. The highest BCUT2D eigenvalue weighted by Crippen LogP contribution is 2.19. The SMILES string of the molecule is Cc1ccc(NC(=O)c2ccnc(C(=O)Nc3c(F)cccc3F)c2)cc1. The van der Waals surface area contributed by atoms with Crippen molar-refractivity contribution in [2.24, 2.45) is 0 Å². The third kappa shape index (κ3) is 4.33. The average molecular weight is 367 g/mol. The van der Waals surface area contributed by atoms with Crippen molar-refractivity contribution in [1.82, 2.24) is 4.98 Å². The molecule has 0 aliphatic carbocycles. The fourth-order valence-corrected chi connectivity index (χ4v) is 2.33. The summed E-state index contributed by atoms with van der Waals surface area (Å²) in [5.74, 6) is -3.08. The number of pyridine rings is 1. The molecule has 0 radical (unpaired) electrons. The second kappa shape index (κ2) is 7.74. The van der Waals surface area contributed by atoms with E-state index in [2.05, 4.69) is 15.6 Å². The summed E-state index contributed by atoms with van der Waals surface area (Å²) in [4.78, 5) is 28.5. The average Bonchev–Trinajstić information content (AvgIpc) is 2.66. The van der Waals surface area contributed by atoms with Crippen LogP contribution in [0.25, 0.3) is 0 Å². The molecule has 0 fully saturated rings. The van der Waals surface area contributed by atoms with Crippen LogP contribution >= 0.6 is 0 Å². The summed E-state index contributed by atoms with van der Waals surface area (Å²) in [5.41, 5.74) is 1.12. The molecular formula is C20H15F2N3O2. The van der Waals surface area contributed by atoms with Gasteiger partial charge in [-0.3, -0.25) is 14.6 Å². The third-order valence-electron chi connectivity index (χ3n) is 3.77. The summed E-state index contributed by atoms with van der Waals surface area (Å²) in [6.07, 6.45) is 1.27. The standard InChI is InChI=1S/C20H15F2N3O2/c1-12-5-7-14(8-6-12)24-19(26)13-9-10-23-17(11-13)20(27)25-18-15(21)3-2-4-16(18)22/h2-11H,1H3,(H,24,26)(H,25,27). The summed E-state index contributed by atoms with van der Waals surface area (Å²) in [6, 6.07) is 13.1. The Labute approximate surface area is 154 Å². The van der Waals surface area contributed by atoms with Gasteiger partial charge in [-0.1, -0.05) is 23.8 Å². The van der Waals surface area contributed by atoms with E-state index in [1.807, 2.05) is 19.1 Å². The first-order valence-electron chi connectivity index (χ1n) is 8.03. The van der Waals surface area contributed by atoms with Gasteiger partial charge in [-0.25, -0.2) is 8.78 Å². The van der Waals surface area contributed by atoms with Crippen LogP contribution in [-0.2, 0) is 0 Å². The molecule has 7 heteroatoms. The molecule has 0 spiro atoms. The predicted molar refractivity (Wildman–Crippen MR) is 97.7 cm³/mol. The van der Waals surface area contributed by atoms with Gasteiger partial charge in [0.2, 0.25) is 0 Å². The number of hydrogen-bond acceptors (Lipinski definition) is 3. The van der Waals surface area contributed by atoms with E-state index in [0.717, 1.165) is 17.7 Å². The van der Waals surface area contributed by atoms with E-state index in [9.17, 15) is 18.4 Å². The molecule has 2 aromatic carbocycles. The number of para-hydroxylation sites is 1. The van der Waals surface area contributed by atoms with Gasteiger partial charge in [0.1, 0.15) is 23.0 Å². The molecule has 0 saturated heterocycles. The molecule has 136 valence electrons. The highest BCUT2D eigenvalue weighted by atomic mass is 19.1. The molecular weight excluding hydrogens is 352 g/mol. The van der Waals surface area contributed by atoms with E-state index in [1.165, 1.54) is 24.4 Å². The Morgan fingerprint density at radius 2 is 1.56 bits per heavy atom. The molecule has 5 nitrogen and oxygen atoms in total. The number of carbonyl (C=O) groups is 2. The van der Waals surface area contributed by atoms with Gasteiger partial charge in [0.15, 0.2) is 0 Å². The summed E-state index contributed by atoms with van der Waals surface area (Å²) in [5, 5.41) is 4.83. The molecule has 0 bridgehead atoms. The zero-order chi connectivity index (χ0) is 19.4. The Morgan fingerprint density at radius 1 is 0.889 bits per heavy atom. The van der Waals surface area contributed by atoms with Crippen LogP contribution < -0.4 is 10.6 Å². The van der Waals surface area contributed by atoms with Crippen LogP contribution in [0, 0.1) is 18.6 Å². The van der Waals surface area contributed by atoms with Crippen LogP contribution in [0.3, 0.4) is 0 Å². The lowest BCUT2D eigenvalue weighted by Gasteiger charge is -2.09. The number of benzene rings is 2. The second-order valence-corrected chi connectivity index (χ2v) is 5.80. The quantitative estimate of drug-likeness (QED) is 0.727. The summed E-state index contributed by atoms with van der Waals surface area (Å²) < 4.78 is 27.3. The Kier molecular flexibility index (Phi) is 5.21. The minimum atomic E-state index is -0.906. The Hall–Kier alpha value is -3.61. The van der Waals surface area contributed by atoms with Gasteiger partial charge < -0.3 is 10.6 Å². The molecule has 3 rings (SSSR count). The molecule has 1 heterocycles. The molecule has 2 N–H and O–H groups in total. The van der Waals surface area contributed by atoms with E-state index in [-0.39, 0.29) is 11.3 Å². The molecule has 27 heavy (non-hydrogen) atoms. The number of aromatic nitrogens is 1. The van der Waals surface area contributed by atoms with Crippen LogP contribution in [-0.4, -0.2) is 16.8 Å². The number of nitrogens with zero attached hydrogens (tertiary/aromatic N) is 1. The van der Waals surface area contributed by atoms with E-state index < -0.39 is 29.1 Å². The van der Waals surface area contributed by atoms with Crippen LogP contribution in [0.1, 0.15) is 26.4 Å². The van der Waals surface area contributed by atoms with Crippen LogP contribution in [0.2, 0.25) is 0 Å². The first-order valence-corrected chi connectivity index (χ1v) is 8.03. The monoisotopic (exact) mass is 367 g/mol. The summed E-state index contributed by atoms with van der Waals surface area (Å²) >= 11 is 0. The largest absolute Gasteiger partial charge is 0.322 e. The number of aryl methyl sites for hydroxylation is 1.